The number of benzene rings is 2. The minimum Gasteiger partial charge on any atom is -0.494 e. The van der Waals surface area contributed by atoms with Crippen molar-refractivity contribution in [3.05, 3.63) is 59.7 Å². The summed E-state index contributed by atoms with van der Waals surface area (Å²) in [5.41, 5.74) is 2.06. The van der Waals surface area contributed by atoms with E-state index in [1.54, 1.807) is 30.0 Å². The maximum absolute atomic E-state index is 13.6. The van der Waals surface area contributed by atoms with Gasteiger partial charge in [-0.05, 0) is 55.2 Å². The summed E-state index contributed by atoms with van der Waals surface area (Å²) in [6.45, 7) is 11.8. The van der Waals surface area contributed by atoms with Crippen LogP contribution in [0.3, 0.4) is 0 Å². The molecule has 2 aromatic carbocycles. The fourth-order valence-electron chi connectivity index (χ4n) is 4.87. The van der Waals surface area contributed by atoms with Crippen LogP contribution in [-0.2, 0) is 16.0 Å². The third kappa shape index (κ3) is 10.2. The smallest absolute Gasteiger partial charge is 0.251 e. The second-order valence-corrected chi connectivity index (χ2v) is 12.3. The largest absolute Gasteiger partial charge is 0.494 e. The molecular weight excluding hydrogens is 518 g/mol. The summed E-state index contributed by atoms with van der Waals surface area (Å²) >= 11 is 0. The van der Waals surface area contributed by atoms with Crippen LogP contribution >= 0.6 is 0 Å². The molecule has 3 amide bonds. The van der Waals surface area contributed by atoms with E-state index in [1.807, 2.05) is 37.3 Å². The van der Waals surface area contributed by atoms with Gasteiger partial charge in [0.05, 0.1) is 18.8 Å². The van der Waals surface area contributed by atoms with Gasteiger partial charge in [0.15, 0.2) is 0 Å². The Morgan fingerprint density at radius 2 is 1.85 bits per heavy atom. The highest BCUT2D eigenvalue weighted by atomic mass is 16.5. The molecule has 0 saturated carbocycles. The molecule has 3 atom stereocenters. The summed E-state index contributed by atoms with van der Waals surface area (Å²) in [6, 6.07) is 14.2. The van der Waals surface area contributed by atoms with E-state index in [4.69, 9.17) is 4.74 Å². The number of aliphatic hydroxyl groups excluding tert-OH is 1. The van der Waals surface area contributed by atoms with Gasteiger partial charge in [0.1, 0.15) is 5.75 Å². The van der Waals surface area contributed by atoms with Crippen LogP contribution in [0.2, 0.25) is 0 Å². The number of nitrogens with zero attached hydrogens (tertiary/aromatic N) is 1. The van der Waals surface area contributed by atoms with Crippen LogP contribution < -0.4 is 20.3 Å². The van der Waals surface area contributed by atoms with Gasteiger partial charge in [-0.2, -0.15) is 0 Å². The number of carbonyl (C=O) groups excluding carboxylic acids is 3. The van der Waals surface area contributed by atoms with Gasteiger partial charge in [0, 0.05) is 42.7 Å². The quantitative estimate of drug-likeness (QED) is 0.303. The van der Waals surface area contributed by atoms with Crippen molar-refractivity contribution in [3.63, 3.8) is 0 Å². The topological polar surface area (TPSA) is 108 Å². The lowest BCUT2D eigenvalue weighted by molar-refractivity contribution is -0.125. The van der Waals surface area contributed by atoms with Crippen molar-refractivity contribution in [1.29, 1.82) is 0 Å². The lowest BCUT2D eigenvalue weighted by Gasteiger charge is -2.27. The van der Waals surface area contributed by atoms with E-state index in [-0.39, 0.29) is 29.6 Å². The first-order valence-corrected chi connectivity index (χ1v) is 14.9. The minimum absolute atomic E-state index is 0.0242. The zero-order valence-electron chi connectivity index (χ0n) is 25.2. The molecule has 224 valence electrons. The summed E-state index contributed by atoms with van der Waals surface area (Å²) in [7, 11) is 0. The highest BCUT2D eigenvalue weighted by Gasteiger charge is 2.28. The van der Waals surface area contributed by atoms with Crippen LogP contribution in [0.4, 0.5) is 5.69 Å². The lowest BCUT2D eigenvalue weighted by Crippen LogP contribution is -2.46. The molecule has 1 fully saturated rings. The second-order valence-electron chi connectivity index (χ2n) is 12.3. The van der Waals surface area contributed by atoms with Crippen molar-refractivity contribution in [3.8, 4) is 5.75 Å². The Morgan fingerprint density at radius 3 is 2.49 bits per heavy atom. The molecular formula is C33H47N3O5. The van der Waals surface area contributed by atoms with Gasteiger partial charge in [0.2, 0.25) is 11.8 Å². The average molecular weight is 566 g/mol. The predicted molar refractivity (Wildman–Crippen MR) is 162 cm³/mol. The first-order chi connectivity index (χ1) is 19.5. The molecule has 2 aromatic rings. The van der Waals surface area contributed by atoms with Crippen LogP contribution in [0.5, 0.6) is 5.75 Å². The van der Waals surface area contributed by atoms with Gasteiger partial charge in [0.25, 0.3) is 5.91 Å². The Balaban J connectivity index is 1.78. The number of amides is 3. The number of hydrogen-bond acceptors (Lipinski definition) is 5. The van der Waals surface area contributed by atoms with Crippen LogP contribution in [0.1, 0.15) is 82.6 Å². The summed E-state index contributed by atoms with van der Waals surface area (Å²) in [5, 5.41) is 17.3. The predicted octanol–water partition coefficient (Wildman–Crippen LogP) is 4.88. The van der Waals surface area contributed by atoms with Crippen LogP contribution in [0, 0.1) is 11.3 Å². The molecule has 8 nitrogen and oxygen atoms in total. The van der Waals surface area contributed by atoms with Crippen molar-refractivity contribution in [2.75, 3.05) is 24.6 Å². The van der Waals surface area contributed by atoms with Crippen LogP contribution in [0.25, 0.3) is 0 Å². The van der Waals surface area contributed by atoms with Gasteiger partial charge < -0.3 is 25.4 Å². The van der Waals surface area contributed by atoms with E-state index in [1.165, 1.54) is 0 Å². The highest BCUT2D eigenvalue weighted by molar-refractivity contribution is 5.99. The highest BCUT2D eigenvalue weighted by Crippen LogP contribution is 2.28. The Hall–Kier alpha value is -3.39. The zero-order valence-corrected chi connectivity index (χ0v) is 25.2. The summed E-state index contributed by atoms with van der Waals surface area (Å²) in [4.78, 5) is 40.5. The van der Waals surface area contributed by atoms with Crippen LogP contribution in [0.15, 0.2) is 48.5 Å². The number of anilines is 1. The van der Waals surface area contributed by atoms with Crippen molar-refractivity contribution >= 4 is 23.4 Å². The van der Waals surface area contributed by atoms with Gasteiger partial charge in [-0.25, -0.2) is 0 Å². The van der Waals surface area contributed by atoms with Gasteiger partial charge >= 0.3 is 0 Å². The molecule has 0 spiro atoms. The maximum atomic E-state index is 13.6. The Kier molecular flexibility index (Phi) is 11.8. The van der Waals surface area contributed by atoms with E-state index in [0.29, 0.717) is 49.5 Å². The summed E-state index contributed by atoms with van der Waals surface area (Å²) in [6.07, 6.45) is 2.56. The van der Waals surface area contributed by atoms with Crippen LogP contribution in [-0.4, -0.2) is 54.7 Å². The summed E-state index contributed by atoms with van der Waals surface area (Å²) in [5.74, 6) is -0.370. The normalized spacial score (nSPS) is 15.8. The molecule has 1 aliphatic rings. The molecule has 8 heteroatoms. The molecule has 0 radical (unpaired) electrons. The van der Waals surface area contributed by atoms with Crippen molar-refractivity contribution < 1.29 is 24.2 Å². The zero-order chi connectivity index (χ0) is 30.0. The molecule has 1 aliphatic heterocycles. The Labute approximate surface area is 244 Å². The Bertz CT molecular complexity index is 1160. The maximum Gasteiger partial charge on any atom is 0.251 e. The molecule has 0 aromatic heterocycles. The van der Waals surface area contributed by atoms with Crippen molar-refractivity contribution in [1.82, 2.24) is 10.6 Å². The molecule has 0 aliphatic carbocycles. The first kappa shape index (κ1) is 32.1. The standard InChI is InChI=1S/C33H47N3O5/c1-6-17-41-27-21-25(20-26(22-27)36-16-10-13-30(36)38)32(40)35-28(19-24-11-8-7-9-12-24)29(37)18-23(2)31(39)34-15-14-33(3,4)5/h7-9,11-12,20-23,28-29,37H,6,10,13-19H2,1-5H3,(H,34,39)(H,35,40). The molecule has 41 heavy (non-hydrogen) atoms. The van der Waals surface area contributed by atoms with E-state index >= 15 is 0 Å². The molecule has 3 rings (SSSR count). The minimum atomic E-state index is -0.957. The molecule has 0 bridgehead atoms. The number of carbonyl (C=O) groups is 3. The average Bonchev–Trinajstić information content (AvgIpc) is 3.36. The van der Waals surface area contributed by atoms with Crippen molar-refractivity contribution in [2.24, 2.45) is 11.3 Å². The molecule has 3 unspecified atom stereocenters. The first-order valence-electron chi connectivity index (χ1n) is 14.9. The number of aliphatic hydroxyl groups is 1. The molecule has 1 saturated heterocycles. The number of ether oxygens (including phenoxy) is 1. The Morgan fingerprint density at radius 1 is 1.12 bits per heavy atom. The van der Waals surface area contributed by atoms with E-state index in [0.717, 1.165) is 24.8 Å². The lowest BCUT2D eigenvalue weighted by atomic mass is 9.91. The third-order valence-corrected chi connectivity index (χ3v) is 7.31. The number of nitrogens with one attached hydrogen (secondary N) is 2. The second kappa shape index (κ2) is 15.0. The van der Waals surface area contributed by atoms with Gasteiger partial charge in [-0.15, -0.1) is 0 Å². The number of hydrogen-bond donors (Lipinski definition) is 3. The molecule has 1 heterocycles. The van der Waals surface area contributed by atoms with E-state index < -0.39 is 18.1 Å². The van der Waals surface area contributed by atoms with Crippen molar-refractivity contribution in [2.45, 2.75) is 85.3 Å². The fourth-order valence-corrected chi connectivity index (χ4v) is 4.87. The number of rotatable bonds is 14. The van der Waals surface area contributed by atoms with E-state index in [2.05, 4.69) is 31.4 Å². The molecule has 3 N–H and O–H groups in total. The summed E-state index contributed by atoms with van der Waals surface area (Å²) < 4.78 is 5.85. The fraction of sp³-hybridized carbons (Fsp3) is 0.545. The van der Waals surface area contributed by atoms with E-state index in [9.17, 15) is 19.5 Å². The van der Waals surface area contributed by atoms with Gasteiger partial charge in [-0.1, -0.05) is 65.0 Å². The third-order valence-electron chi connectivity index (χ3n) is 7.31. The monoisotopic (exact) mass is 565 g/mol. The van der Waals surface area contributed by atoms with Gasteiger partial charge in [-0.3, -0.25) is 14.4 Å². The SMILES string of the molecule is CCCOc1cc(C(=O)NC(Cc2ccccc2)C(O)CC(C)C(=O)NCCC(C)(C)C)cc(N2CCCC2=O)c1.